The van der Waals surface area contributed by atoms with Crippen LogP contribution in [0.3, 0.4) is 0 Å². The van der Waals surface area contributed by atoms with Crippen molar-refractivity contribution in [3.8, 4) is 5.75 Å². The van der Waals surface area contributed by atoms with Crippen LogP contribution in [-0.2, 0) is 9.59 Å². The molecule has 2 aromatic rings. The Kier molecular flexibility index (Phi) is 4.72. The fraction of sp³-hybridized carbons (Fsp3) is 0.400. The normalized spacial score (nSPS) is 17.4. The fourth-order valence-corrected chi connectivity index (χ4v) is 3.58. The molecule has 26 heavy (non-hydrogen) atoms. The minimum Gasteiger partial charge on any atom is -0.483 e. The largest absolute Gasteiger partial charge is 0.483 e. The summed E-state index contributed by atoms with van der Waals surface area (Å²) in [6, 6.07) is 11.3. The van der Waals surface area contributed by atoms with Gasteiger partial charge in [-0.25, -0.2) is 0 Å². The van der Waals surface area contributed by atoms with Crippen LogP contribution < -0.4 is 4.74 Å². The van der Waals surface area contributed by atoms with E-state index in [-0.39, 0.29) is 24.3 Å². The number of carbonyl (C=O) groups excluding carboxylic acids is 2. The number of nitrogens with zero attached hydrogens (tertiary/aromatic N) is 2. The van der Waals surface area contributed by atoms with Crippen LogP contribution >= 0.6 is 11.6 Å². The molecule has 1 aliphatic carbocycles. The molecular formula is C20H21ClN2O3. The summed E-state index contributed by atoms with van der Waals surface area (Å²) in [6.45, 7) is 2.36. The van der Waals surface area contributed by atoms with Crippen molar-refractivity contribution in [2.45, 2.75) is 12.8 Å². The van der Waals surface area contributed by atoms with Gasteiger partial charge in [-0.05, 0) is 25.0 Å². The molecule has 0 radical (unpaired) electrons. The number of hydrogen-bond donors (Lipinski definition) is 0. The van der Waals surface area contributed by atoms with Crippen LogP contribution in [0.4, 0.5) is 0 Å². The number of carbonyl (C=O) groups is 2. The first-order valence-corrected chi connectivity index (χ1v) is 9.38. The Morgan fingerprint density at radius 2 is 1.62 bits per heavy atom. The minimum atomic E-state index is -0.0532. The Balaban J connectivity index is 1.35. The van der Waals surface area contributed by atoms with E-state index in [9.17, 15) is 9.59 Å². The van der Waals surface area contributed by atoms with Gasteiger partial charge in [-0.3, -0.25) is 9.59 Å². The van der Waals surface area contributed by atoms with Crippen molar-refractivity contribution >= 4 is 34.2 Å². The molecule has 2 aromatic carbocycles. The quantitative estimate of drug-likeness (QED) is 0.829. The van der Waals surface area contributed by atoms with E-state index in [0.717, 1.165) is 23.6 Å². The first-order valence-electron chi connectivity index (χ1n) is 9.00. The lowest BCUT2D eigenvalue weighted by molar-refractivity contribution is -0.141. The molecule has 0 atom stereocenters. The van der Waals surface area contributed by atoms with Gasteiger partial charge in [0.1, 0.15) is 5.75 Å². The monoisotopic (exact) mass is 372 g/mol. The smallest absolute Gasteiger partial charge is 0.260 e. The van der Waals surface area contributed by atoms with Crippen molar-refractivity contribution in [3.05, 3.63) is 41.4 Å². The highest BCUT2D eigenvalue weighted by Crippen LogP contribution is 2.32. The Hall–Kier alpha value is -2.27. The average Bonchev–Trinajstić information content (AvgIpc) is 3.52. The van der Waals surface area contributed by atoms with Gasteiger partial charge in [0.15, 0.2) is 6.61 Å². The predicted octanol–water partition coefficient (Wildman–Crippen LogP) is 2.95. The van der Waals surface area contributed by atoms with E-state index in [1.165, 1.54) is 0 Å². The van der Waals surface area contributed by atoms with E-state index < -0.39 is 0 Å². The lowest BCUT2D eigenvalue weighted by atomic mass is 10.1. The molecule has 0 unspecified atom stereocenters. The second-order valence-corrected chi connectivity index (χ2v) is 7.27. The summed E-state index contributed by atoms with van der Waals surface area (Å²) in [7, 11) is 0. The van der Waals surface area contributed by atoms with Gasteiger partial charge in [-0.2, -0.15) is 0 Å². The van der Waals surface area contributed by atoms with Crippen LogP contribution in [0.15, 0.2) is 36.4 Å². The first kappa shape index (κ1) is 17.2. The number of fused-ring (bicyclic) bond motifs is 1. The Labute approximate surface area is 157 Å². The summed E-state index contributed by atoms with van der Waals surface area (Å²) >= 11 is 6.22. The van der Waals surface area contributed by atoms with Crippen LogP contribution in [0.1, 0.15) is 12.8 Å². The molecule has 1 aliphatic heterocycles. The molecule has 0 aromatic heterocycles. The van der Waals surface area contributed by atoms with Crippen molar-refractivity contribution in [1.82, 2.24) is 9.80 Å². The van der Waals surface area contributed by atoms with Gasteiger partial charge in [0.2, 0.25) is 5.91 Å². The summed E-state index contributed by atoms with van der Waals surface area (Å²) < 4.78 is 5.78. The summed E-state index contributed by atoms with van der Waals surface area (Å²) in [5.41, 5.74) is 0. The molecule has 1 saturated heterocycles. The van der Waals surface area contributed by atoms with Crippen LogP contribution in [0.5, 0.6) is 5.75 Å². The SMILES string of the molecule is O=C(COc1ccc(Cl)c2ccccc12)N1CCN(C(=O)C2CC2)CC1. The Bertz CT molecular complexity index is 842. The minimum absolute atomic E-state index is 0.0117. The molecular weight excluding hydrogens is 352 g/mol. The number of ether oxygens (including phenoxy) is 1. The van der Waals surface area contributed by atoms with Crippen LogP contribution in [0.2, 0.25) is 5.02 Å². The second-order valence-electron chi connectivity index (χ2n) is 6.86. The zero-order valence-electron chi connectivity index (χ0n) is 14.5. The van der Waals surface area contributed by atoms with E-state index in [4.69, 9.17) is 16.3 Å². The molecule has 1 heterocycles. The molecule has 4 rings (SSSR count). The van der Waals surface area contributed by atoms with Crippen LogP contribution in [-0.4, -0.2) is 54.4 Å². The molecule has 0 spiro atoms. The predicted molar refractivity (Wildman–Crippen MR) is 100 cm³/mol. The summed E-state index contributed by atoms with van der Waals surface area (Å²) in [5.74, 6) is 1.09. The van der Waals surface area contributed by atoms with Gasteiger partial charge < -0.3 is 14.5 Å². The summed E-state index contributed by atoms with van der Waals surface area (Å²) in [6.07, 6.45) is 2.03. The van der Waals surface area contributed by atoms with Gasteiger partial charge >= 0.3 is 0 Å². The highest BCUT2D eigenvalue weighted by Gasteiger charge is 2.35. The van der Waals surface area contributed by atoms with Gasteiger partial charge in [-0.15, -0.1) is 0 Å². The van der Waals surface area contributed by atoms with Crippen molar-refractivity contribution < 1.29 is 14.3 Å². The van der Waals surface area contributed by atoms with Crippen LogP contribution in [0, 0.1) is 5.92 Å². The molecule has 136 valence electrons. The maximum atomic E-state index is 12.5. The molecule has 0 N–H and O–H groups in total. The summed E-state index contributed by atoms with van der Waals surface area (Å²) in [4.78, 5) is 28.2. The lowest BCUT2D eigenvalue weighted by Gasteiger charge is -2.34. The maximum Gasteiger partial charge on any atom is 0.260 e. The average molecular weight is 373 g/mol. The van der Waals surface area contributed by atoms with E-state index >= 15 is 0 Å². The second kappa shape index (κ2) is 7.16. The molecule has 2 fully saturated rings. The van der Waals surface area contributed by atoms with E-state index in [2.05, 4.69) is 0 Å². The van der Waals surface area contributed by atoms with Gasteiger partial charge in [0.05, 0.1) is 0 Å². The van der Waals surface area contributed by atoms with Crippen molar-refractivity contribution in [2.24, 2.45) is 5.92 Å². The van der Waals surface area contributed by atoms with Crippen LogP contribution in [0.25, 0.3) is 10.8 Å². The number of benzene rings is 2. The molecule has 2 aliphatic rings. The number of amides is 2. The topological polar surface area (TPSA) is 49.9 Å². The Morgan fingerprint density at radius 1 is 0.962 bits per heavy atom. The maximum absolute atomic E-state index is 12.5. The fourth-order valence-electron chi connectivity index (χ4n) is 3.36. The third kappa shape index (κ3) is 3.49. The van der Waals surface area contributed by atoms with E-state index in [1.54, 1.807) is 17.0 Å². The first-order chi connectivity index (χ1) is 12.6. The third-order valence-electron chi connectivity index (χ3n) is 5.05. The highest BCUT2D eigenvalue weighted by atomic mass is 35.5. The molecule has 0 bridgehead atoms. The molecule has 5 nitrogen and oxygen atoms in total. The van der Waals surface area contributed by atoms with Gasteiger partial charge in [0, 0.05) is 47.9 Å². The molecule has 6 heteroatoms. The number of halogens is 1. The highest BCUT2D eigenvalue weighted by molar-refractivity contribution is 6.35. The van der Waals surface area contributed by atoms with Crippen molar-refractivity contribution in [3.63, 3.8) is 0 Å². The van der Waals surface area contributed by atoms with E-state index in [1.807, 2.05) is 29.2 Å². The zero-order chi connectivity index (χ0) is 18.1. The zero-order valence-corrected chi connectivity index (χ0v) is 15.2. The number of hydrogen-bond acceptors (Lipinski definition) is 3. The molecule has 1 saturated carbocycles. The third-order valence-corrected chi connectivity index (χ3v) is 5.38. The number of rotatable bonds is 4. The van der Waals surface area contributed by atoms with Crippen molar-refractivity contribution in [1.29, 1.82) is 0 Å². The lowest BCUT2D eigenvalue weighted by Crippen LogP contribution is -2.52. The molecule has 2 amide bonds. The number of piperazine rings is 1. The van der Waals surface area contributed by atoms with E-state index in [0.29, 0.717) is 37.0 Å². The van der Waals surface area contributed by atoms with Gasteiger partial charge in [0.25, 0.3) is 5.91 Å². The Morgan fingerprint density at radius 3 is 2.31 bits per heavy atom. The summed E-state index contributed by atoms with van der Waals surface area (Å²) in [5, 5.41) is 2.47. The van der Waals surface area contributed by atoms with Crippen molar-refractivity contribution in [2.75, 3.05) is 32.8 Å². The standard InChI is InChI=1S/C20H21ClN2O3/c21-17-7-8-18(16-4-2-1-3-15(16)17)26-13-19(24)22-9-11-23(12-10-22)20(25)14-5-6-14/h1-4,7-8,14H,5-6,9-13H2. The van der Waals surface area contributed by atoms with Gasteiger partial charge in [-0.1, -0.05) is 35.9 Å².